The van der Waals surface area contributed by atoms with Crippen LogP contribution in [0.25, 0.3) is 0 Å². The Morgan fingerprint density at radius 1 is 1.00 bits per heavy atom. The molecular weight excluding hydrogens is 264 g/mol. The first-order chi connectivity index (χ1) is 10.1. The molecule has 2 aromatic rings. The molecule has 1 unspecified atom stereocenters. The molecule has 2 rings (SSSR count). The largest absolute Gasteiger partial charge is 0.455 e. The van der Waals surface area contributed by atoms with Crippen molar-refractivity contribution >= 4 is 11.4 Å². The van der Waals surface area contributed by atoms with Crippen LogP contribution in [0.5, 0.6) is 11.5 Å². The molecule has 0 aliphatic carbocycles. The molecule has 0 aliphatic heterocycles. The maximum absolute atomic E-state index is 5.97. The van der Waals surface area contributed by atoms with Crippen LogP contribution in [-0.2, 0) is 0 Å². The van der Waals surface area contributed by atoms with Crippen LogP contribution in [0.4, 0.5) is 11.4 Å². The topological polar surface area (TPSA) is 70.5 Å². The van der Waals surface area contributed by atoms with Gasteiger partial charge in [-0.1, -0.05) is 13.0 Å². The van der Waals surface area contributed by atoms with Gasteiger partial charge < -0.3 is 20.9 Å². The number of ether oxygens (including phenoxy) is 2. The maximum atomic E-state index is 5.97. The highest BCUT2D eigenvalue weighted by Crippen LogP contribution is 2.26. The van der Waals surface area contributed by atoms with E-state index in [0.717, 1.165) is 35.6 Å². The summed E-state index contributed by atoms with van der Waals surface area (Å²) in [5.41, 5.74) is 13.9. The van der Waals surface area contributed by atoms with Crippen molar-refractivity contribution in [3.63, 3.8) is 0 Å². The van der Waals surface area contributed by atoms with Gasteiger partial charge in [-0.3, -0.25) is 0 Å². The molecule has 4 heteroatoms. The Morgan fingerprint density at radius 3 is 2.38 bits per heavy atom. The van der Waals surface area contributed by atoms with Gasteiger partial charge in [0.1, 0.15) is 11.5 Å². The summed E-state index contributed by atoms with van der Waals surface area (Å²) < 4.78 is 11.9. The Bertz CT molecular complexity index is 582. The molecule has 0 radical (unpaired) electrons. The quantitative estimate of drug-likeness (QED) is 0.627. The molecule has 0 amide bonds. The number of anilines is 2. The standard InChI is InChI=1S/C17H22N2O2/c1-3-5-17(20-14-10-8-13(18)9-11-14)21-16-7-4-6-15(19)12(16)2/h4,6-11,17H,3,5,18-19H2,1-2H3. The average Bonchev–Trinajstić information content (AvgIpc) is 2.46. The van der Waals surface area contributed by atoms with Crippen molar-refractivity contribution in [2.24, 2.45) is 0 Å². The number of nitrogens with two attached hydrogens (primary N) is 2. The van der Waals surface area contributed by atoms with Crippen molar-refractivity contribution < 1.29 is 9.47 Å². The van der Waals surface area contributed by atoms with Gasteiger partial charge in [-0.05, 0) is 49.7 Å². The maximum Gasteiger partial charge on any atom is 0.241 e. The lowest BCUT2D eigenvalue weighted by molar-refractivity contribution is -0.00147. The van der Waals surface area contributed by atoms with Crippen LogP contribution in [0.2, 0.25) is 0 Å². The number of hydrogen-bond donors (Lipinski definition) is 2. The number of benzene rings is 2. The zero-order valence-electron chi connectivity index (χ0n) is 12.5. The molecule has 21 heavy (non-hydrogen) atoms. The van der Waals surface area contributed by atoms with E-state index in [2.05, 4.69) is 6.92 Å². The minimum atomic E-state index is -0.348. The lowest BCUT2D eigenvalue weighted by Gasteiger charge is -2.21. The average molecular weight is 286 g/mol. The van der Waals surface area contributed by atoms with Gasteiger partial charge >= 0.3 is 0 Å². The number of hydrogen-bond acceptors (Lipinski definition) is 4. The number of rotatable bonds is 6. The van der Waals surface area contributed by atoms with Crippen LogP contribution in [0.3, 0.4) is 0 Å². The molecule has 0 bridgehead atoms. The Kier molecular flexibility index (Phi) is 4.93. The van der Waals surface area contributed by atoms with Crippen molar-refractivity contribution in [3.8, 4) is 11.5 Å². The predicted molar refractivity (Wildman–Crippen MR) is 86.4 cm³/mol. The van der Waals surface area contributed by atoms with E-state index in [0.29, 0.717) is 5.69 Å². The van der Waals surface area contributed by atoms with Gasteiger partial charge in [-0.15, -0.1) is 0 Å². The van der Waals surface area contributed by atoms with E-state index in [4.69, 9.17) is 20.9 Å². The van der Waals surface area contributed by atoms with Crippen LogP contribution < -0.4 is 20.9 Å². The Balaban J connectivity index is 2.11. The fraction of sp³-hybridized carbons (Fsp3) is 0.294. The summed E-state index contributed by atoms with van der Waals surface area (Å²) in [6.07, 6.45) is 1.40. The molecule has 1 atom stereocenters. The monoisotopic (exact) mass is 286 g/mol. The summed E-state index contributed by atoms with van der Waals surface area (Å²) in [6.45, 7) is 4.03. The fourth-order valence-electron chi connectivity index (χ4n) is 1.98. The normalized spacial score (nSPS) is 11.9. The van der Waals surface area contributed by atoms with E-state index in [1.807, 2.05) is 49.4 Å². The summed E-state index contributed by atoms with van der Waals surface area (Å²) >= 11 is 0. The van der Waals surface area contributed by atoms with Crippen molar-refractivity contribution in [2.75, 3.05) is 11.5 Å². The van der Waals surface area contributed by atoms with Crippen LogP contribution in [-0.4, -0.2) is 6.29 Å². The first-order valence-electron chi connectivity index (χ1n) is 7.14. The van der Waals surface area contributed by atoms with E-state index >= 15 is 0 Å². The Hall–Kier alpha value is -2.36. The second-order valence-corrected chi connectivity index (χ2v) is 4.99. The van der Waals surface area contributed by atoms with Crippen LogP contribution >= 0.6 is 0 Å². The van der Waals surface area contributed by atoms with Gasteiger partial charge in [-0.2, -0.15) is 0 Å². The van der Waals surface area contributed by atoms with E-state index in [1.54, 1.807) is 0 Å². The van der Waals surface area contributed by atoms with Crippen molar-refractivity contribution in [1.82, 2.24) is 0 Å². The minimum Gasteiger partial charge on any atom is -0.455 e. The van der Waals surface area contributed by atoms with Crippen molar-refractivity contribution in [2.45, 2.75) is 33.0 Å². The van der Waals surface area contributed by atoms with E-state index in [-0.39, 0.29) is 6.29 Å². The molecule has 0 saturated heterocycles. The highest BCUT2D eigenvalue weighted by molar-refractivity contribution is 5.53. The zero-order valence-corrected chi connectivity index (χ0v) is 12.5. The highest BCUT2D eigenvalue weighted by Gasteiger charge is 2.13. The fourth-order valence-corrected chi connectivity index (χ4v) is 1.98. The molecule has 0 aliphatic rings. The van der Waals surface area contributed by atoms with Crippen molar-refractivity contribution in [1.29, 1.82) is 0 Å². The first kappa shape index (κ1) is 15.0. The summed E-state index contributed by atoms with van der Waals surface area (Å²) in [6, 6.07) is 12.9. The second kappa shape index (κ2) is 6.88. The van der Waals surface area contributed by atoms with Gasteiger partial charge in [0, 0.05) is 23.4 Å². The summed E-state index contributed by atoms with van der Waals surface area (Å²) in [5, 5.41) is 0. The van der Waals surface area contributed by atoms with Crippen LogP contribution in [0, 0.1) is 6.92 Å². The molecular formula is C17H22N2O2. The molecule has 4 N–H and O–H groups in total. The lowest BCUT2D eigenvalue weighted by atomic mass is 10.2. The third kappa shape index (κ3) is 4.05. The van der Waals surface area contributed by atoms with E-state index in [1.165, 1.54) is 0 Å². The molecule has 0 aromatic heterocycles. The summed E-state index contributed by atoms with van der Waals surface area (Å²) in [4.78, 5) is 0. The van der Waals surface area contributed by atoms with Crippen LogP contribution in [0.1, 0.15) is 25.3 Å². The third-order valence-corrected chi connectivity index (χ3v) is 3.26. The van der Waals surface area contributed by atoms with Gasteiger partial charge in [0.2, 0.25) is 6.29 Å². The predicted octanol–water partition coefficient (Wildman–Crippen LogP) is 3.74. The van der Waals surface area contributed by atoms with Gasteiger partial charge in [0.05, 0.1) is 0 Å². The van der Waals surface area contributed by atoms with Gasteiger partial charge in [0.25, 0.3) is 0 Å². The summed E-state index contributed by atoms with van der Waals surface area (Å²) in [5.74, 6) is 1.49. The molecule has 0 heterocycles. The minimum absolute atomic E-state index is 0.348. The van der Waals surface area contributed by atoms with Crippen molar-refractivity contribution in [3.05, 3.63) is 48.0 Å². The lowest BCUT2D eigenvalue weighted by Crippen LogP contribution is -2.24. The Labute approximate surface area is 125 Å². The second-order valence-electron chi connectivity index (χ2n) is 4.99. The van der Waals surface area contributed by atoms with E-state index < -0.39 is 0 Å². The SMILES string of the molecule is CCCC(Oc1ccc(N)cc1)Oc1cccc(N)c1C. The highest BCUT2D eigenvalue weighted by atomic mass is 16.7. The molecule has 0 saturated carbocycles. The summed E-state index contributed by atoms with van der Waals surface area (Å²) in [7, 11) is 0. The van der Waals surface area contributed by atoms with E-state index in [9.17, 15) is 0 Å². The van der Waals surface area contributed by atoms with Crippen LogP contribution in [0.15, 0.2) is 42.5 Å². The Morgan fingerprint density at radius 2 is 1.71 bits per heavy atom. The number of nitrogen functional groups attached to an aromatic ring is 2. The van der Waals surface area contributed by atoms with Gasteiger partial charge in [0.15, 0.2) is 0 Å². The zero-order chi connectivity index (χ0) is 15.2. The molecule has 112 valence electrons. The molecule has 0 fully saturated rings. The molecule has 0 spiro atoms. The first-order valence-corrected chi connectivity index (χ1v) is 7.14. The third-order valence-electron chi connectivity index (χ3n) is 3.26. The molecule has 4 nitrogen and oxygen atoms in total. The van der Waals surface area contributed by atoms with Gasteiger partial charge in [-0.25, -0.2) is 0 Å². The smallest absolute Gasteiger partial charge is 0.241 e. The molecule has 2 aromatic carbocycles.